The lowest BCUT2D eigenvalue weighted by molar-refractivity contribution is -0.384. The van der Waals surface area contributed by atoms with Crippen molar-refractivity contribution in [1.82, 2.24) is 4.90 Å². The van der Waals surface area contributed by atoms with Crippen LogP contribution < -0.4 is 5.32 Å². The van der Waals surface area contributed by atoms with E-state index in [0.29, 0.717) is 12.3 Å². The van der Waals surface area contributed by atoms with Crippen LogP contribution >= 0.6 is 0 Å². The average Bonchev–Trinajstić information content (AvgIpc) is 2.79. The highest BCUT2D eigenvalue weighted by Crippen LogP contribution is 2.38. The van der Waals surface area contributed by atoms with E-state index in [2.05, 4.69) is 5.32 Å². The molecule has 2 bridgehead atoms. The van der Waals surface area contributed by atoms with Crippen molar-refractivity contribution in [3.63, 3.8) is 0 Å². The summed E-state index contributed by atoms with van der Waals surface area (Å²) in [6, 6.07) is 7.15. The predicted octanol–water partition coefficient (Wildman–Crippen LogP) is 3.16. The number of amides is 1. The molecule has 0 spiro atoms. The summed E-state index contributed by atoms with van der Waals surface area (Å²) in [6.07, 6.45) is 3.30. The van der Waals surface area contributed by atoms with E-state index < -0.39 is 0 Å². The number of piperidine rings is 1. The molecule has 2 fully saturated rings. The van der Waals surface area contributed by atoms with Crippen molar-refractivity contribution in [1.29, 1.82) is 0 Å². The molecule has 124 valence electrons. The molecule has 2 saturated heterocycles. The van der Waals surface area contributed by atoms with Crippen LogP contribution in [0.4, 0.5) is 16.2 Å². The summed E-state index contributed by atoms with van der Waals surface area (Å²) in [5, 5.41) is 14.4. The summed E-state index contributed by atoms with van der Waals surface area (Å²) < 4.78 is 5.14. The number of para-hydroxylation sites is 2. The van der Waals surface area contributed by atoms with E-state index in [-0.39, 0.29) is 34.8 Å². The molecule has 2 aliphatic heterocycles. The van der Waals surface area contributed by atoms with E-state index in [0.717, 1.165) is 25.7 Å². The SMILES string of the molecule is CCOC(=O)N1[C@H]2CC[C@H]1CC(Nc1ccccc1[N+](=O)[O-])C2. The second kappa shape index (κ2) is 6.44. The quantitative estimate of drug-likeness (QED) is 0.680. The van der Waals surface area contributed by atoms with Crippen LogP contribution in [0.2, 0.25) is 0 Å². The second-order valence-electron chi connectivity index (χ2n) is 6.08. The van der Waals surface area contributed by atoms with Gasteiger partial charge in [-0.15, -0.1) is 0 Å². The van der Waals surface area contributed by atoms with Crippen molar-refractivity contribution < 1.29 is 14.5 Å². The molecule has 2 heterocycles. The fourth-order valence-electron chi connectivity index (χ4n) is 3.77. The normalized spacial score (nSPS) is 26.0. The van der Waals surface area contributed by atoms with Crippen molar-refractivity contribution in [2.24, 2.45) is 0 Å². The van der Waals surface area contributed by atoms with Crippen LogP contribution in [0.1, 0.15) is 32.6 Å². The van der Waals surface area contributed by atoms with E-state index >= 15 is 0 Å². The third-order valence-electron chi connectivity index (χ3n) is 4.67. The maximum absolute atomic E-state index is 12.1. The first kappa shape index (κ1) is 15.6. The minimum Gasteiger partial charge on any atom is -0.450 e. The van der Waals surface area contributed by atoms with Crippen LogP contribution in [-0.4, -0.2) is 40.6 Å². The Morgan fingerprint density at radius 1 is 1.35 bits per heavy atom. The minimum atomic E-state index is -0.370. The zero-order valence-corrected chi connectivity index (χ0v) is 13.1. The van der Waals surface area contributed by atoms with Crippen molar-refractivity contribution in [3.8, 4) is 0 Å². The van der Waals surface area contributed by atoms with Gasteiger partial charge in [-0.1, -0.05) is 12.1 Å². The smallest absolute Gasteiger partial charge is 0.410 e. The van der Waals surface area contributed by atoms with Crippen molar-refractivity contribution in [3.05, 3.63) is 34.4 Å². The number of nitro groups is 1. The molecule has 0 saturated carbocycles. The Bertz CT molecular complexity index is 593. The molecule has 7 heteroatoms. The topological polar surface area (TPSA) is 84.7 Å². The van der Waals surface area contributed by atoms with E-state index in [9.17, 15) is 14.9 Å². The van der Waals surface area contributed by atoms with Gasteiger partial charge < -0.3 is 15.0 Å². The number of carbonyl (C=O) groups is 1. The Morgan fingerprint density at radius 3 is 2.61 bits per heavy atom. The molecule has 0 radical (unpaired) electrons. The van der Waals surface area contributed by atoms with Gasteiger partial charge in [-0.3, -0.25) is 10.1 Å². The summed E-state index contributed by atoms with van der Waals surface area (Å²) in [5.74, 6) is 0. The Morgan fingerprint density at radius 2 is 2.00 bits per heavy atom. The van der Waals surface area contributed by atoms with Gasteiger partial charge in [0, 0.05) is 24.2 Å². The standard InChI is InChI=1S/C16H21N3O4/c1-2-23-16(20)18-12-7-8-13(18)10-11(9-12)17-14-5-3-4-6-15(14)19(21)22/h3-6,11-13,17H,2,7-10H2,1H3/t12-,13-/m0/s1. The highest BCUT2D eigenvalue weighted by Gasteiger charge is 2.44. The first-order valence-electron chi connectivity index (χ1n) is 8.05. The van der Waals surface area contributed by atoms with Gasteiger partial charge in [0.15, 0.2) is 0 Å². The first-order valence-corrected chi connectivity index (χ1v) is 8.05. The average molecular weight is 319 g/mol. The number of hydrogen-bond donors (Lipinski definition) is 1. The van der Waals surface area contributed by atoms with Gasteiger partial charge >= 0.3 is 6.09 Å². The van der Waals surface area contributed by atoms with Gasteiger partial charge in [0.1, 0.15) is 5.69 Å². The number of carbonyl (C=O) groups excluding carboxylic acids is 1. The fourth-order valence-corrected chi connectivity index (χ4v) is 3.77. The molecule has 0 aromatic heterocycles. The number of nitrogens with zero attached hydrogens (tertiary/aromatic N) is 2. The number of nitrogens with one attached hydrogen (secondary N) is 1. The molecule has 3 rings (SSSR count). The molecule has 0 aliphatic carbocycles. The second-order valence-corrected chi connectivity index (χ2v) is 6.08. The lowest BCUT2D eigenvalue weighted by Gasteiger charge is -2.38. The Hall–Kier alpha value is -2.31. The Kier molecular flexibility index (Phi) is 4.36. The maximum Gasteiger partial charge on any atom is 0.410 e. The number of nitro benzene ring substituents is 1. The van der Waals surface area contributed by atoms with Gasteiger partial charge in [-0.05, 0) is 38.7 Å². The summed E-state index contributed by atoms with van der Waals surface area (Å²) >= 11 is 0. The van der Waals surface area contributed by atoms with Crippen molar-refractivity contribution >= 4 is 17.5 Å². The van der Waals surface area contributed by atoms with Gasteiger partial charge in [0.2, 0.25) is 0 Å². The van der Waals surface area contributed by atoms with Gasteiger partial charge in [-0.25, -0.2) is 4.79 Å². The molecule has 1 amide bonds. The zero-order chi connectivity index (χ0) is 16.4. The monoisotopic (exact) mass is 319 g/mol. The minimum absolute atomic E-state index is 0.0904. The molecule has 7 nitrogen and oxygen atoms in total. The molecule has 2 atom stereocenters. The Balaban J connectivity index is 1.70. The van der Waals surface area contributed by atoms with Crippen LogP contribution in [0, 0.1) is 10.1 Å². The fraction of sp³-hybridized carbons (Fsp3) is 0.562. The molecule has 0 unspecified atom stereocenters. The molecule has 23 heavy (non-hydrogen) atoms. The van der Waals surface area contributed by atoms with Crippen LogP contribution in [0.3, 0.4) is 0 Å². The molecule has 1 N–H and O–H groups in total. The maximum atomic E-state index is 12.1. The molecular formula is C16H21N3O4. The zero-order valence-electron chi connectivity index (χ0n) is 13.1. The summed E-state index contributed by atoms with van der Waals surface area (Å²) in [6.45, 7) is 2.19. The lowest BCUT2D eigenvalue weighted by Crippen LogP contribution is -2.49. The summed E-state index contributed by atoms with van der Waals surface area (Å²) in [5.41, 5.74) is 0.638. The van der Waals surface area contributed by atoms with Gasteiger partial charge in [0.05, 0.1) is 11.5 Å². The van der Waals surface area contributed by atoms with Crippen molar-refractivity contribution in [2.45, 2.75) is 50.7 Å². The largest absolute Gasteiger partial charge is 0.450 e. The van der Waals surface area contributed by atoms with E-state index in [1.165, 1.54) is 6.07 Å². The highest BCUT2D eigenvalue weighted by molar-refractivity contribution is 5.69. The number of fused-ring (bicyclic) bond motifs is 2. The van der Waals surface area contributed by atoms with E-state index in [4.69, 9.17) is 4.74 Å². The first-order chi connectivity index (χ1) is 11.1. The third kappa shape index (κ3) is 3.09. The summed E-state index contributed by atoms with van der Waals surface area (Å²) in [4.78, 5) is 24.7. The number of benzene rings is 1. The molecule has 1 aromatic carbocycles. The number of ether oxygens (including phenoxy) is 1. The highest BCUT2D eigenvalue weighted by atomic mass is 16.6. The Labute approximate surface area is 134 Å². The lowest BCUT2D eigenvalue weighted by atomic mass is 9.97. The third-order valence-corrected chi connectivity index (χ3v) is 4.67. The van der Waals surface area contributed by atoms with Crippen LogP contribution in [0.15, 0.2) is 24.3 Å². The predicted molar refractivity (Wildman–Crippen MR) is 85.4 cm³/mol. The number of hydrogen-bond acceptors (Lipinski definition) is 5. The molecule has 2 aliphatic rings. The van der Waals surface area contributed by atoms with Crippen LogP contribution in [-0.2, 0) is 4.74 Å². The number of anilines is 1. The molecular weight excluding hydrogens is 298 g/mol. The van der Waals surface area contributed by atoms with Gasteiger partial charge in [0.25, 0.3) is 5.69 Å². The van der Waals surface area contributed by atoms with Gasteiger partial charge in [-0.2, -0.15) is 0 Å². The van der Waals surface area contributed by atoms with E-state index in [1.54, 1.807) is 18.2 Å². The molecule has 1 aromatic rings. The number of rotatable bonds is 4. The van der Waals surface area contributed by atoms with Crippen molar-refractivity contribution in [2.75, 3.05) is 11.9 Å². The van der Waals surface area contributed by atoms with E-state index in [1.807, 2.05) is 11.8 Å². The van der Waals surface area contributed by atoms with Crippen LogP contribution in [0.25, 0.3) is 0 Å². The van der Waals surface area contributed by atoms with Crippen LogP contribution in [0.5, 0.6) is 0 Å². The summed E-state index contributed by atoms with van der Waals surface area (Å²) in [7, 11) is 0.